The summed E-state index contributed by atoms with van der Waals surface area (Å²) in [7, 11) is 0. The molecule has 178 valence electrons. The van der Waals surface area contributed by atoms with Crippen molar-refractivity contribution in [2.45, 2.75) is 52.6 Å². The Bertz CT molecular complexity index is 1060. The van der Waals surface area contributed by atoms with Gasteiger partial charge >= 0.3 is 12.1 Å². The largest absolute Gasteiger partial charge is 0.329 e. The molecule has 0 aliphatic heterocycles. The normalized spacial score (nSPS) is 11.5. The maximum Gasteiger partial charge on any atom is 0.319 e. The molecule has 0 spiro atoms. The number of urea groups is 2. The number of hydrogen-bond acceptors (Lipinski definition) is 2. The van der Waals surface area contributed by atoms with Gasteiger partial charge in [0.2, 0.25) is 0 Å². The van der Waals surface area contributed by atoms with Gasteiger partial charge in [-0.2, -0.15) is 0 Å². The van der Waals surface area contributed by atoms with Gasteiger partial charge in [0.05, 0.1) is 11.1 Å². The Hall–Kier alpha value is -3.80. The van der Waals surface area contributed by atoms with Crippen molar-refractivity contribution in [2.75, 3.05) is 10.6 Å². The van der Waals surface area contributed by atoms with Gasteiger partial charge < -0.3 is 21.3 Å². The predicted molar refractivity (Wildman–Crippen MR) is 139 cm³/mol. The van der Waals surface area contributed by atoms with Gasteiger partial charge in [-0.1, -0.05) is 59.7 Å². The maximum absolute atomic E-state index is 12.6. The molecule has 0 bridgehead atoms. The lowest BCUT2D eigenvalue weighted by Crippen LogP contribution is -2.45. The van der Waals surface area contributed by atoms with E-state index in [4.69, 9.17) is 0 Å². The van der Waals surface area contributed by atoms with Crippen LogP contribution in [0.1, 0.15) is 49.9 Å². The van der Waals surface area contributed by atoms with Crippen molar-refractivity contribution in [3.63, 3.8) is 0 Å². The first-order chi connectivity index (χ1) is 15.9. The van der Waals surface area contributed by atoms with Crippen molar-refractivity contribution in [2.24, 2.45) is 0 Å². The highest BCUT2D eigenvalue weighted by Crippen LogP contribution is 2.27. The molecule has 0 saturated heterocycles. The average molecular weight is 459 g/mol. The zero-order chi connectivity index (χ0) is 24.9. The molecular formula is C28H34N4O2. The van der Waals surface area contributed by atoms with Crippen LogP contribution in [0.5, 0.6) is 0 Å². The van der Waals surface area contributed by atoms with Crippen LogP contribution in [-0.4, -0.2) is 12.1 Å². The number of carbonyl (C=O) groups is 2. The van der Waals surface area contributed by atoms with E-state index in [2.05, 4.69) is 21.3 Å². The van der Waals surface area contributed by atoms with Crippen LogP contribution in [0.2, 0.25) is 0 Å². The third-order valence-corrected chi connectivity index (χ3v) is 5.78. The quantitative estimate of drug-likeness (QED) is 0.344. The molecule has 3 aromatic rings. The van der Waals surface area contributed by atoms with Crippen LogP contribution < -0.4 is 21.3 Å². The molecule has 0 unspecified atom stereocenters. The number of anilines is 2. The first-order valence-corrected chi connectivity index (χ1v) is 11.4. The third kappa shape index (κ3) is 6.61. The molecule has 0 radical (unpaired) electrons. The van der Waals surface area contributed by atoms with Crippen molar-refractivity contribution < 1.29 is 9.59 Å². The molecule has 4 amide bonds. The lowest BCUT2D eigenvalue weighted by molar-refractivity contribution is 0.241. The van der Waals surface area contributed by atoms with E-state index < -0.39 is 11.1 Å². The number of rotatable bonds is 6. The highest BCUT2D eigenvalue weighted by atomic mass is 16.2. The van der Waals surface area contributed by atoms with Gasteiger partial charge in [0.15, 0.2) is 0 Å². The number of aryl methyl sites for hydroxylation is 2. The minimum Gasteiger partial charge on any atom is -0.329 e. The molecule has 34 heavy (non-hydrogen) atoms. The lowest BCUT2D eigenvalue weighted by atomic mass is 9.87. The molecule has 3 aromatic carbocycles. The van der Waals surface area contributed by atoms with Crippen molar-refractivity contribution in [1.82, 2.24) is 10.6 Å². The van der Waals surface area contributed by atoms with Gasteiger partial charge in [-0.15, -0.1) is 0 Å². The molecule has 3 rings (SSSR count). The monoisotopic (exact) mass is 458 g/mol. The number of amides is 4. The summed E-state index contributed by atoms with van der Waals surface area (Å²) in [6.07, 6.45) is 0. The zero-order valence-corrected chi connectivity index (χ0v) is 20.7. The molecule has 0 aromatic heterocycles. The van der Waals surface area contributed by atoms with Crippen molar-refractivity contribution in [3.05, 3.63) is 95.1 Å². The SMILES string of the molecule is Cc1ccc(NC(=O)NC(C)(C)c2cccc(C(C)(C)NC(=O)Nc3ccc(C)cc3)c2)cc1. The summed E-state index contributed by atoms with van der Waals surface area (Å²) in [5.74, 6) is 0. The molecule has 0 aliphatic carbocycles. The molecule has 0 fully saturated rings. The maximum atomic E-state index is 12.6. The Kier molecular flexibility index (Phi) is 7.30. The second-order valence-corrected chi connectivity index (χ2v) is 9.72. The lowest BCUT2D eigenvalue weighted by Gasteiger charge is -2.31. The van der Waals surface area contributed by atoms with Gasteiger partial charge in [-0.05, 0) is 76.9 Å². The van der Waals surface area contributed by atoms with E-state index in [1.54, 1.807) is 0 Å². The fourth-order valence-electron chi connectivity index (χ4n) is 3.61. The molecule has 0 aliphatic rings. The smallest absolute Gasteiger partial charge is 0.319 e. The van der Waals surface area contributed by atoms with Crippen LogP contribution in [0.25, 0.3) is 0 Å². The van der Waals surface area contributed by atoms with Crippen LogP contribution in [0.3, 0.4) is 0 Å². The van der Waals surface area contributed by atoms with E-state index in [1.165, 1.54) is 0 Å². The van der Waals surface area contributed by atoms with Gasteiger partial charge in [0.1, 0.15) is 0 Å². The van der Waals surface area contributed by atoms with Crippen molar-refractivity contribution >= 4 is 23.4 Å². The molecule has 0 saturated carbocycles. The van der Waals surface area contributed by atoms with Crippen LogP contribution in [0, 0.1) is 13.8 Å². The highest BCUT2D eigenvalue weighted by Gasteiger charge is 2.27. The summed E-state index contributed by atoms with van der Waals surface area (Å²) < 4.78 is 0. The first-order valence-electron chi connectivity index (χ1n) is 11.4. The van der Waals surface area contributed by atoms with Crippen LogP contribution in [0.4, 0.5) is 21.0 Å². The number of benzene rings is 3. The topological polar surface area (TPSA) is 82.3 Å². The Morgan fingerprint density at radius 1 is 0.588 bits per heavy atom. The van der Waals surface area contributed by atoms with Gasteiger partial charge in [0, 0.05) is 11.4 Å². The second-order valence-electron chi connectivity index (χ2n) is 9.72. The van der Waals surface area contributed by atoms with Gasteiger partial charge in [-0.3, -0.25) is 0 Å². The Morgan fingerprint density at radius 2 is 0.941 bits per heavy atom. The molecule has 6 heteroatoms. The molecule has 4 N–H and O–H groups in total. The Labute approximate surface area is 202 Å². The molecule has 6 nitrogen and oxygen atoms in total. The Balaban J connectivity index is 1.68. The number of hydrogen-bond donors (Lipinski definition) is 4. The van der Waals surface area contributed by atoms with E-state index >= 15 is 0 Å². The standard InChI is InChI=1S/C28H34N4O2/c1-19-10-14-23(15-11-19)29-25(33)31-27(3,4)21-8-7-9-22(18-21)28(5,6)32-26(34)30-24-16-12-20(2)13-17-24/h7-18H,1-6H3,(H2,29,31,33)(H2,30,32,34). The van der Waals surface area contributed by atoms with E-state index in [9.17, 15) is 9.59 Å². The average Bonchev–Trinajstić information content (AvgIpc) is 2.76. The minimum absolute atomic E-state index is 0.283. The summed E-state index contributed by atoms with van der Waals surface area (Å²) in [4.78, 5) is 25.2. The van der Waals surface area contributed by atoms with Crippen molar-refractivity contribution in [3.8, 4) is 0 Å². The zero-order valence-electron chi connectivity index (χ0n) is 20.7. The van der Waals surface area contributed by atoms with E-state index in [0.717, 1.165) is 33.6 Å². The summed E-state index contributed by atoms with van der Waals surface area (Å²) in [6.45, 7) is 11.8. The fourth-order valence-corrected chi connectivity index (χ4v) is 3.61. The highest BCUT2D eigenvalue weighted by molar-refractivity contribution is 5.90. The van der Waals surface area contributed by atoms with Crippen molar-refractivity contribution in [1.29, 1.82) is 0 Å². The van der Waals surface area contributed by atoms with Crippen LogP contribution in [-0.2, 0) is 11.1 Å². The summed E-state index contributed by atoms with van der Waals surface area (Å²) >= 11 is 0. The third-order valence-electron chi connectivity index (χ3n) is 5.78. The predicted octanol–water partition coefficient (Wildman–Crippen LogP) is 6.42. The summed E-state index contributed by atoms with van der Waals surface area (Å²) in [5, 5.41) is 11.8. The summed E-state index contributed by atoms with van der Waals surface area (Å²) in [6, 6.07) is 22.6. The number of carbonyl (C=O) groups excluding carboxylic acids is 2. The Morgan fingerprint density at radius 3 is 1.29 bits per heavy atom. The summed E-state index contributed by atoms with van der Waals surface area (Å²) in [5.41, 5.74) is 4.32. The molecule has 0 atom stereocenters. The van der Waals surface area contributed by atoms with Gasteiger partial charge in [0.25, 0.3) is 0 Å². The van der Waals surface area contributed by atoms with E-state index in [-0.39, 0.29) is 12.1 Å². The second kappa shape index (κ2) is 10.00. The van der Waals surface area contributed by atoms with Crippen LogP contribution >= 0.6 is 0 Å². The van der Waals surface area contributed by atoms with E-state index in [1.807, 2.05) is 114 Å². The number of nitrogens with one attached hydrogen (secondary N) is 4. The van der Waals surface area contributed by atoms with Gasteiger partial charge in [-0.25, -0.2) is 9.59 Å². The minimum atomic E-state index is -0.634. The van der Waals surface area contributed by atoms with Crippen LogP contribution in [0.15, 0.2) is 72.8 Å². The molecular weight excluding hydrogens is 424 g/mol. The fraction of sp³-hybridized carbons (Fsp3) is 0.286. The first kappa shape index (κ1) is 24.8. The molecule has 0 heterocycles. The van der Waals surface area contributed by atoms with E-state index in [0.29, 0.717) is 0 Å².